The molecule has 0 aliphatic rings. The molecule has 0 atom stereocenters. The van der Waals surface area contributed by atoms with Gasteiger partial charge < -0.3 is 15.2 Å². The minimum absolute atomic E-state index is 0.0476. The van der Waals surface area contributed by atoms with E-state index in [-0.39, 0.29) is 12.5 Å². The third-order valence-electron chi connectivity index (χ3n) is 2.26. The van der Waals surface area contributed by atoms with Gasteiger partial charge in [0.05, 0.1) is 17.3 Å². The highest BCUT2D eigenvalue weighted by atomic mass is 35.5. The molecule has 100 valence electrons. The predicted molar refractivity (Wildman–Crippen MR) is 74.8 cm³/mol. The highest BCUT2D eigenvalue weighted by Gasteiger charge is 2.07. The third kappa shape index (κ3) is 3.87. The lowest BCUT2D eigenvalue weighted by Gasteiger charge is -2.08. The average Bonchev–Trinajstić information content (AvgIpc) is 2.76. The SMILES string of the molecule is Cc1cc(NC(=O)CNc2cc(Cl)ccc2Cl)no1. The first-order valence-electron chi connectivity index (χ1n) is 5.46. The summed E-state index contributed by atoms with van der Waals surface area (Å²) in [4.78, 5) is 11.7. The number of carbonyl (C=O) groups is 1. The van der Waals surface area contributed by atoms with Crippen LogP contribution in [0.25, 0.3) is 0 Å². The first kappa shape index (κ1) is 13.7. The molecule has 0 saturated heterocycles. The molecule has 5 nitrogen and oxygen atoms in total. The maximum absolute atomic E-state index is 11.7. The zero-order valence-corrected chi connectivity index (χ0v) is 11.5. The van der Waals surface area contributed by atoms with E-state index in [1.807, 2.05) is 0 Å². The summed E-state index contributed by atoms with van der Waals surface area (Å²) >= 11 is 11.8. The van der Waals surface area contributed by atoms with Crippen LogP contribution >= 0.6 is 23.2 Å². The van der Waals surface area contributed by atoms with E-state index in [0.717, 1.165) is 0 Å². The summed E-state index contributed by atoms with van der Waals surface area (Å²) in [5.74, 6) is 0.743. The molecular formula is C12H11Cl2N3O2. The molecule has 1 heterocycles. The maximum Gasteiger partial charge on any atom is 0.244 e. The number of hydrogen-bond donors (Lipinski definition) is 2. The van der Waals surface area contributed by atoms with E-state index >= 15 is 0 Å². The third-order valence-corrected chi connectivity index (χ3v) is 2.83. The van der Waals surface area contributed by atoms with Gasteiger partial charge in [-0.25, -0.2) is 0 Å². The number of hydrogen-bond acceptors (Lipinski definition) is 4. The number of carbonyl (C=O) groups excluding carboxylic acids is 1. The second kappa shape index (κ2) is 5.95. The second-order valence-electron chi connectivity index (χ2n) is 3.85. The van der Waals surface area contributed by atoms with E-state index in [9.17, 15) is 4.79 Å². The first-order chi connectivity index (χ1) is 9.04. The molecule has 7 heteroatoms. The maximum atomic E-state index is 11.7. The van der Waals surface area contributed by atoms with Crippen molar-refractivity contribution in [1.82, 2.24) is 5.16 Å². The van der Waals surface area contributed by atoms with Crippen molar-refractivity contribution >= 4 is 40.6 Å². The monoisotopic (exact) mass is 299 g/mol. The lowest BCUT2D eigenvalue weighted by atomic mass is 10.3. The largest absolute Gasteiger partial charge is 0.375 e. The van der Waals surface area contributed by atoms with Gasteiger partial charge in [-0.3, -0.25) is 4.79 Å². The van der Waals surface area contributed by atoms with Crippen LogP contribution < -0.4 is 10.6 Å². The molecule has 0 fully saturated rings. The zero-order chi connectivity index (χ0) is 13.8. The van der Waals surface area contributed by atoms with E-state index < -0.39 is 0 Å². The fourth-order valence-corrected chi connectivity index (χ4v) is 1.78. The molecular weight excluding hydrogens is 289 g/mol. The number of halogens is 2. The molecule has 19 heavy (non-hydrogen) atoms. The summed E-state index contributed by atoms with van der Waals surface area (Å²) in [6.07, 6.45) is 0. The van der Waals surface area contributed by atoms with Crippen molar-refractivity contribution in [3.8, 4) is 0 Å². The molecule has 0 aliphatic heterocycles. The molecule has 2 rings (SSSR count). The van der Waals surface area contributed by atoms with Gasteiger partial charge in [0.25, 0.3) is 0 Å². The molecule has 0 saturated carbocycles. The van der Waals surface area contributed by atoms with Crippen LogP contribution in [0.5, 0.6) is 0 Å². The standard InChI is InChI=1S/C12H11Cl2N3O2/c1-7-4-11(17-19-7)16-12(18)6-15-10-5-8(13)2-3-9(10)14/h2-5,15H,6H2,1H3,(H,16,17,18). The van der Waals surface area contributed by atoms with E-state index in [1.165, 1.54) is 0 Å². The Kier molecular flexibility index (Phi) is 4.29. The summed E-state index contributed by atoms with van der Waals surface area (Å²) in [6, 6.07) is 6.61. The van der Waals surface area contributed by atoms with Crippen molar-refractivity contribution in [3.05, 3.63) is 40.1 Å². The average molecular weight is 300 g/mol. The predicted octanol–water partition coefficient (Wildman–Crippen LogP) is 3.34. The molecule has 1 aromatic carbocycles. The van der Waals surface area contributed by atoms with Crippen LogP contribution in [0.3, 0.4) is 0 Å². The number of anilines is 2. The van der Waals surface area contributed by atoms with Crippen LogP contribution in [-0.4, -0.2) is 17.6 Å². The molecule has 0 radical (unpaired) electrons. The molecule has 0 spiro atoms. The number of aromatic nitrogens is 1. The quantitative estimate of drug-likeness (QED) is 0.908. The van der Waals surface area contributed by atoms with E-state index in [1.54, 1.807) is 31.2 Å². The van der Waals surface area contributed by atoms with E-state index in [4.69, 9.17) is 27.7 Å². The summed E-state index contributed by atoms with van der Waals surface area (Å²) < 4.78 is 4.84. The molecule has 1 aromatic heterocycles. The van der Waals surface area contributed by atoms with Gasteiger partial charge in [-0.05, 0) is 25.1 Å². The van der Waals surface area contributed by atoms with Crippen LogP contribution in [0.15, 0.2) is 28.8 Å². The Labute approximate surface area is 119 Å². The zero-order valence-electron chi connectivity index (χ0n) is 10.0. The Balaban J connectivity index is 1.91. The number of nitrogens with one attached hydrogen (secondary N) is 2. The van der Waals surface area contributed by atoms with E-state index in [0.29, 0.717) is 27.3 Å². The summed E-state index contributed by atoms with van der Waals surface area (Å²) in [5.41, 5.74) is 0.598. The van der Waals surface area contributed by atoms with Crippen molar-refractivity contribution in [1.29, 1.82) is 0 Å². The highest BCUT2D eigenvalue weighted by molar-refractivity contribution is 6.35. The van der Waals surface area contributed by atoms with Crippen LogP contribution in [-0.2, 0) is 4.79 Å². The molecule has 2 N–H and O–H groups in total. The lowest BCUT2D eigenvalue weighted by Crippen LogP contribution is -2.22. The van der Waals surface area contributed by atoms with Crippen molar-refractivity contribution in [2.75, 3.05) is 17.2 Å². The topological polar surface area (TPSA) is 67.2 Å². The minimum atomic E-state index is -0.260. The van der Waals surface area contributed by atoms with Gasteiger partial charge in [-0.2, -0.15) is 0 Å². The number of benzene rings is 1. The van der Waals surface area contributed by atoms with Gasteiger partial charge >= 0.3 is 0 Å². The smallest absolute Gasteiger partial charge is 0.244 e. The normalized spacial score (nSPS) is 10.3. The Morgan fingerprint density at radius 2 is 2.16 bits per heavy atom. The number of aryl methyl sites for hydroxylation is 1. The van der Waals surface area contributed by atoms with Gasteiger partial charge in [0.15, 0.2) is 5.82 Å². The van der Waals surface area contributed by atoms with Gasteiger partial charge in [-0.1, -0.05) is 28.4 Å². The second-order valence-corrected chi connectivity index (χ2v) is 4.69. The van der Waals surface area contributed by atoms with Gasteiger partial charge in [0, 0.05) is 11.1 Å². The van der Waals surface area contributed by atoms with Crippen molar-refractivity contribution < 1.29 is 9.32 Å². The van der Waals surface area contributed by atoms with E-state index in [2.05, 4.69) is 15.8 Å². The summed E-state index contributed by atoms with van der Waals surface area (Å²) in [5, 5.41) is 10.2. The number of nitrogens with zero attached hydrogens (tertiary/aromatic N) is 1. The first-order valence-corrected chi connectivity index (χ1v) is 6.22. The van der Waals surface area contributed by atoms with Crippen LogP contribution in [0.2, 0.25) is 10.0 Å². The van der Waals surface area contributed by atoms with Crippen molar-refractivity contribution in [2.45, 2.75) is 6.92 Å². The van der Waals surface area contributed by atoms with Gasteiger partial charge in [0.2, 0.25) is 5.91 Å². The van der Waals surface area contributed by atoms with Gasteiger partial charge in [-0.15, -0.1) is 0 Å². The van der Waals surface area contributed by atoms with Crippen molar-refractivity contribution in [3.63, 3.8) is 0 Å². The summed E-state index contributed by atoms with van der Waals surface area (Å²) in [7, 11) is 0. The Bertz CT molecular complexity index is 598. The molecule has 1 amide bonds. The fourth-order valence-electron chi connectivity index (χ4n) is 1.42. The van der Waals surface area contributed by atoms with Crippen LogP contribution in [0, 0.1) is 6.92 Å². The number of rotatable bonds is 4. The van der Waals surface area contributed by atoms with Crippen LogP contribution in [0.1, 0.15) is 5.76 Å². The molecule has 0 unspecified atom stereocenters. The Morgan fingerprint density at radius 1 is 1.37 bits per heavy atom. The fraction of sp³-hybridized carbons (Fsp3) is 0.167. The molecule has 0 aliphatic carbocycles. The Morgan fingerprint density at radius 3 is 2.84 bits per heavy atom. The molecule has 2 aromatic rings. The highest BCUT2D eigenvalue weighted by Crippen LogP contribution is 2.25. The minimum Gasteiger partial charge on any atom is -0.375 e. The Hall–Kier alpha value is -1.72. The lowest BCUT2D eigenvalue weighted by molar-refractivity contribution is -0.114. The van der Waals surface area contributed by atoms with Gasteiger partial charge in [0.1, 0.15) is 5.76 Å². The van der Waals surface area contributed by atoms with Crippen molar-refractivity contribution in [2.24, 2.45) is 0 Å². The molecule has 0 bridgehead atoms. The number of amides is 1. The van der Waals surface area contributed by atoms with Crippen LogP contribution in [0.4, 0.5) is 11.5 Å². The summed E-state index contributed by atoms with van der Waals surface area (Å²) in [6.45, 7) is 1.79.